The molecule has 2 heterocycles. The number of carbonyl (C=O) groups excluding carboxylic acids is 1. The molecule has 0 aliphatic carbocycles. The molecule has 0 unspecified atom stereocenters. The first-order chi connectivity index (χ1) is 12.4. The third kappa shape index (κ3) is 4.44. The van der Waals surface area contributed by atoms with Gasteiger partial charge >= 0.3 is 0 Å². The van der Waals surface area contributed by atoms with Crippen molar-refractivity contribution in [1.29, 1.82) is 0 Å². The lowest BCUT2D eigenvalue weighted by atomic mass is 9.96. The molecule has 0 bridgehead atoms. The van der Waals surface area contributed by atoms with Crippen LogP contribution in [-0.2, 0) is 27.0 Å². The molecule has 0 radical (unpaired) electrons. The highest BCUT2D eigenvalue weighted by molar-refractivity contribution is 7.89. The fraction of sp³-hybridized carbons (Fsp3) is 0.294. The van der Waals surface area contributed by atoms with Gasteiger partial charge in [-0.2, -0.15) is 0 Å². The minimum atomic E-state index is -3.84. The zero-order chi connectivity index (χ0) is 18.7. The second-order valence-corrected chi connectivity index (χ2v) is 8.01. The number of amides is 1. The summed E-state index contributed by atoms with van der Waals surface area (Å²) in [6.07, 6.45) is 1.75. The Morgan fingerprint density at radius 1 is 1.38 bits per heavy atom. The van der Waals surface area contributed by atoms with Crippen LogP contribution < -0.4 is 14.2 Å². The van der Waals surface area contributed by atoms with E-state index in [1.165, 1.54) is 12.3 Å². The summed E-state index contributed by atoms with van der Waals surface area (Å²) in [7, 11) is -2.28. The molecule has 2 aromatic rings. The summed E-state index contributed by atoms with van der Waals surface area (Å²) >= 11 is 5.68. The normalized spacial score (nSPS) is 16.3. The summed E-state index contributed by atoms with van der Waals surface area (Å²) in [4.78, 5) is 16.2. The van der Waals surface area contributed by atoms with Crippen LogP contribution in [0.15, 0.2) is 36.5 Å². The average molecular weight is 397 g/mol. The van der Waals surface area contributed by atoms with Crippen LogP contribution in [0.1, 0.15) is 11.1 Å². The van der Waals surface area contributed by atoms with Crippen molar-refractivity contribution in [3.05, 3.63) is 52.8 Å². The fourth-order valence-electron chi connectivity index (χ4n) is 2.63. The van der Waals surface area contributed by atoms with Crippen molar-refractivity contribution in [3.8, 4) is 11.5 Å². The van der Waals surface area contributed by atoms with Gasteiger partial charge in [0.05, 0.1) is 18.8 Å². The second-order valence-electron chi connectivity index (χ2n) is 5.90. The molecule has 1 amide bonds. The van der Waals surface area contributed by atoms with E-state index in [9.17, 15) is 13.2 Å². The molecule has 3 rings (SSSR count). The minimum Gasteiger partial charge on any atom is -0.497 e. The Morgan fingerprint density at radius 3 is 2.88 bits per heavy atom. The van der Waals surface area contributed by atoms with E-state index in [-0.39, 0.29) is 17.5 Å². The number of ether oxygens (including phenoxy) is 2. The van der Waals surface area contributed by atoms with Crippen LogP contribution in [0, 0.1) is 5.92 Å². The molecular weight excluding hydrogens is 380 g/mol. The summed E-state index contributed by atoms with van der Waals surface area (Å²) < 4.78 is 37.3. The minimum absolute atomic E-state index is 0.101. The van der Waals surface area contributed by atoms with Crippen LogP contribution in [0.5, 0.6) is 11.5 Å². The van der Waals surface area contributed by atoms with Gasteiger partial charge in [0, 0.05) is 12.3 Å². The summed E-state index contributed by atoms with van der Waals surface area (Å²) in [6.45, 7) is 0.101. The molecule has 9 heteroatoms. The number of nitrogens with one attached hydrogen (secondary N) is 1. The number of methoxy groups -OCH3 is 1. The van der Waals surface area contributed by atoms with Crippen LogP contribution in [0.2, 0.25) is 5.15 Å². The van der Waals surface area contributed by atoms with Crippen molar-refractivity contribution < 1.29 is 22.7 Å². The topological polar surface area (TPSA) is 94.6 Å². The average Bonchev–Trinajstić information content (AvgIpc) is 2.62. The van der Waals surface area contributed by atoms with E-state index < -0.39 is 21.8 Å². The van der Waals surface area contributed by atoms with E-state index in [1.54, 1.807) is 25.3 Å². The molecule has 0 saturated heterocycles. The van der Waals surface area contributed by atoms with Crippen LogP contribution in [0.25, 0.3) is 0 Å². The van der Waals surface area contributed by atoms with Gasteiger partial charge in [0.15, 0.2) is 0 Å². The number of hydrogen-bond acceptors (Lipinski definition) is 6. The van der Waals surface area contributed by atoms with Crippen molar-refractivity contribution in [1.82, 2.24) is 9.71 Å². The maximum Gasteiger partial charge on any atom is 0.240 e. The summed E-state index contributed by atoms with van der Waals surface area (Å²) in [5.74, 6) is -0.235. The molecule has 0 fully saturated rings. The number of hydrogen-bond donors (Lipinski definition) is 1. The number of benzene rings is 1. The number of halogens is 1. The van der Waals surface area contributed by atoms with E-state index in [0.717, 1.165) is 5.56 Å². The van der Waals surface area contributed by atoms with Crippen molar-refractivity contribution in [2.45, 2.75) is 12.2 Å². The van der Waals surface area contributed by atoms with Gasteiger partial charge in [-0.05, 0) is 29.7 Å². The first kappa shape index (κ1) is 18.5. The maximum absolute atomic E-state index is 12.4. The highest BCUT2D eigenvalue weighted by atomic mass is 35.5. The number of carbonyl (C=O) groups is 1. The highest BCUT2D eigenvalue weighted by Gasteiger charge is 2.29. The zero-order valence-electron chi connectivity index (χ0n) is 13.9. The Kier molecular flexibility index (Phi) is 5.33. The van der Waals surface area contributed by atoms with E-state index >= 15 is 0 Å². The predicted molar refractivity (Wildman–Crippen MR) is 95.7 cm³/mol. The van der Waals surface area contributed by atoms with E-state index in [1.807, 2.05) is 6.07 Å². The molecule has 1 aliphatic heterocycles. The van der Waals surface area contributed by atoms with Crippen molar-refractivity contribution in [2.24, 2.45) is 5.92 Å². The standard InChI is InChI=1S/C17H17ClN2O5S/c1-24-14-4-3-12-6-13(9-25-15(12)7-14)17(21)20-26(22,23)10-11-2-5-16(18)19-8-11/h2-5,7-8,13H,6,9-10H2,1H3,(H,20,21)/t13-/m1/s1. The van der Waals surface area contributed by atoms with E-state index in [4.69, 9.17) is 21.1 Å². The molecule has 1 aromatic heterocycles. The highest BCUT2D eigenvalue weighted by Crippen LogP contribution is 2.31. The lowest BCUT2D eigenvalue weighted by Crippen LogP contribution is -2.40. The molecule has 1 aliphatic rings. The van der Waals surface area contributed by atoms with Crippen molar-refractivity contribution >= 4 is 27.5 Å². The zero-order valence-corrected chi connectivity index (χ0v) is 15.5. The SMILES string of the molecule is COc1ccc2c(c1)OC[C@H](C(=O)NS(=O)(=O)Cc1ccc(Cl)nc1)C2. The number of pyridine rings is 1. The number of fused-ring (bicyclic) bond motifs is 1. The van der Waals surface area contributed by atoms with Crippen molar-refractivity contribution in [2.75, 3.05) is 13.7 Å². The van der Waals surface area contributed by atoms with Gasteiger partial charge in [-0.3, -0.25) is 9.52 Å². The van der Waals surface area contributed by atoms with Gasteiger partial charge in [0.1, 0.15) is 23.3 Å². The van der Waals surface area contributed by atoms with E-state index in [0.29, 0.717) is 23.5 Å². The quantitative estimate of drug-likeness (QED) is 0.776. The van der Waals surface area contributed by atoms with Gasteiger partial charge in [-0.1, -0.05) is 23.7 Å². The predicted octanol–water partition coefficient (Wildman–Crippen LogP) is 1.94. The fourth-order valence-corrected chi connectivity index (χ4v) is 3.90. The summed E-state index contributed by atoms with van der Waals surface area (Å²) in [5, 5.41) is 0.268. The summed E-state index contributed by atoms with van der Waals surface area (Å²) in [5.41, 5.74) is 1.27. The Morgan fingerprint density at radius 2 is 2.19 bits per heavy atom. The molecular formula is C17H17ClN2O5S. The maximum atomic E-state index is 12.4. The first-order valence-electron chi connectivity index (χ1n) is 7.81. The van der Waals surface area contributed by atoms with Gasteiger partial charge in [0.25, 0.3) is 0 Å². The van der Waals surface area contributed by atoms with Crippen LogP contribution in [0.3, 0.4) is 0 Å². The molecule has 0 saturated carbocycles. The molecule has 26 heavy (non-hydrogen) atoms. The molecule has 1 aromatic carbocycles. The largest absolute Gasteiger partial charge is 0.497 e. The number of nitrogens with zero attached hydrogens (tertiary/aromatic N) is 1. The van der Waals surface area contributed by atoms with Gasteiger partial charge in [-0.25, -0.2) is 13.4 Å². The molecule has 1 atom stereocenters. The molecule has 7 nitrogen and oxygen atoms in total. The van der Waals surface area contributed by atoms with Crippen LogP contribution in [0.4, 0.5) is 0 Å². The third-order valence-electron chi connectivity index (χ3n) is 3.95. The Labute approximate surface area is 156 Å². The molecule has 138 valence electrons. The lowest BCUT2D eigenvalue weighted by molar-refractivity contribution is -0.124. The smallest absolute Gasteiger partial charge is 0.240 e. The Hall–Kier alpha value is -2.32. The number of aromatic nitrogens is 1. The van der Waals surface area contributed by atoms with Crippen molar-refractivity contribution in [3.63, 3.8) is 0 Å². The molecule has 1 N–H and O–H groups in total. The number of sulfonamides is 1. The van der Waals surface area contributed by atoms with Crippen LogP contribution in [-0.4, -0.2) is 33.0 Å². The Bertz CT molecular complexity index is 915. The lowest BCUT2D eigenvalue weighted by Gasteiger charge is -2.24. The molecule has 0 spiro atoms. The summed E-state index contributed by atoms with van der Waals surface area (Å²) in [6, 6.07) is 8.36. The van der Waals surface area contributed by atoms with Gasteiger partial charge in [-0.15, -0.1) is 0 Å². The third-order valence-corrected chi connectivity index (χ3v) is 5.40. The van der Waals surface area contributed by atoms with E-state index in [2.05, 4.69) is 9.71 Å². The first-order valence-corrected chi connectivity index (χ1v) is 9.84. The van der Waals surface area contributed by atoms with Crippen LogP contribution >= 0.6 is 11.6 Å². The van der Waals surface area contributed by atoms with Gasteiger partial charge < -0.3 is 9.47 Å². The second kappa shape index (κ2) is 7.51. The monoisotopic (exact) mass is 396 g/mol. The number of rotatable bonds is 5. The van der Waals surface area contributed by atoms with Gasteiger partial charge in [0.2, 0.25) is 15.9 Å². The Balaban J connectivity index is 1.65.